The molecule has 0 atom stereocenters. The largest absolute Gasteiger partial charge is 0.482 e. The van der Waals surface area contributed by atoms with Crippen LogP contribution in [0.2, 0.25) is 0 Å². The fourth-order valence-corrected chi connectivity index (χ4v) is 1.11. The van der Waals surface area contributed by atoms with E-state index in [4.69, 9.17) is 5.26 Å². The van der Waals surface area contributed by atoms with Gasteiger partial charge in [0, 0.05) is 0 Å². The predicted molar refractivity (Wildman–Crippen MR) is 43.9 cm³/mol. The maximum atomic E-state index is 12.8. The van der Waals surface area contributed by atoms with E-state index in [-0.39, 0.29) is 5.56 Å². The maximum Gasteiger partial charge on any atom is 0.482 e. The van der Waals surface area contributed by atoms with Gasteiger partial charge in [-0.2, -0.15) is 5.26 Å². The van der Waals surface area contributed by atoms with Crippen molar-refractivity contribution >= 4 is 6.98 Å². The summed E-state index contributed by atoms with van der Waals surface area (Å²) >= 11 is 0. The Balaban J connectivity index is 3.10. The average molecular weight is 202 g/mol. The lowest BCUT2D eigenvalue weighted by molar-refractivity contribution is 0.468. The molecule has 0 aliphatic heterocycles. The normalized spacial score (nSPS) is 11.1. The molecule has 1 aromatic rings. The van der Waals surface area contributed by atoms with Crippen molar-refractivity contribution in [3.8, 4) is 6.07 Å². The Labute approximate surface area is 78.0 Å². The molecule has 0 spiro atoms. The highest BCUT2D eigenvalue weighted by molar-refractivity contribution is 6.57. The van der Waals surface area contributed by atoms with Gasteiger partial charge in [0.15, 0.2) is 0 Å². The van der Waals surface area contributed by atoms with E-state index in [0.29, 0.717) is 0 Å². The van der Waals surface area contributed by atoms with E-state index in [0.717, 1.165) is 18.2 Å². The van der Waals surface area contributed by atoms with Crippen molar-refractivity contribution in [3.05, 3.63) is 35.1 Å². The molecule has 0 heterocycles. The quantitative estimate of drug-likeness (QED) is 0.534. The predicted octanol–water partition coefficient (Wildman–Crippen LogP) is 2.63. The SMILES string of the molecule is N#Cc1c(F)cccc1C[B-](F)(F)F. The molecule has 0 unspecified atom stereocenters. The Kier molecular flexibility index (Phi) is 2.80. The summed E-state index contributed by atoms with van der Waals surface area (Å²) in [6.45, 7) is -5.04. The van der Waals surface area contributed by atoms with Crippen molar-refractivity contribution < 1.29 is 17.3 Å². The Morgan fingerprint density at radius 2 is 1.93 bits per heavy atom. The van der Waals surface area contributed by atoms with E-state index >= 15 is 0 Å². The Bertz CT molecular complexity index is 380. The highest BCUT2D eigenvalue weighted by Crippen LogP contribution is 2.20. The molecule has 0 bridgehead atoms. The van der Waals surface area contributed by atoms with Crippen LogP contribution in [-0.4, -0.2) is 6.98 Å². The summed E-state index contributed by atoms with van der Waals surface area (Å²) in [7, 11) is 0. The molecule has 0 radical (unpaired) electrons. The fourth-order valence-electron chi connectivity index (χ4n) is 1.11. The van der Waals surface area contributed by atoms with E-state index in [9.17, 15) is 17.3 Å². The van der Waals surface area contributed by atoms with E-state index in [2.05, 4.69) is 0 Å². The Morgan fingerprint density at radius 1 is 1.29 bits per heavy atom. The highest BCUT2D eigenvalue weighted by atomic mass is 19.4. The molecule has 0 aliphatic rings. The van der Waals surface area contributed by atoms with Gasteiger partial charge in [0.25, 0.3) is 0 Å². The van der Waals surface area contributed by atoms with E-state index < -0.39 is 24.7 Å². The molecule has 1 nitrogen and oxygen atoms in total. The highest BCUT2D eigenvalue weighted by Gasteiger charge is 2.25. The van der Waals surface area contributed by atoms with E-state index in [1.54, 1.807) is 0 Å². The zero-order chi connectivity index (χ0) is 10.8. The second kappa shape index (κ2) is 3.70. The molecule has 6 heteroatoms. The van der Waals surface area contributed by atoms with Gasteiger partial charge in [-0.3, -0.25) is 0 Å². The standard InChI is InChI=1S/C8H5BF4N/c10-8-3-1-2-6(7(8)5-14)4-9(11,12)13/h1-3H,4H2/q-1. The summed E-state index contributed by atoms with van der Waals surface area (Å²) in [4.78, 5) is 0. The molecule has 1 aromatic carbocycles. The summed E-state index contributed by atoms with van der Waals surface area (Å²) < 4.78 is 48.9. The lowest BCUT2D eigenvalue weighted by Gasteiger charge is -2.14. The van der Waals surface area contributed by atoms with Crippen molar-refractivity contribution in [2.75, 3.05) is 0 Å². The number of halogens is 4. The van der Waals surface area contributed by atoms with Gasteiger partial charge in [0.2, 0.25) is 0 Å². The molecular formula is C8H5BF4N-. The molecule has 0 saturated heterocycles. The van der Waals surface area contributed by atoms with Crippen LogP contribution < -0.4 is 0 Å². The molecule has 0 amide bonds. The molecule has 1 rings (SSSR count). The number of benzene rings is 1. The number of nitriles is 1. The zero-order valence-corrected chi connectivity index (χ0v) is 6.98. The number of nitrogens with zero attached hydrogens (tertiary/aromatic N) is 1. The first-order chi connectivity index (χ1) is 6.44. The Morgan fingerprint density at radius 3 is 2.43 bits per heavy atom. The van der Waals surface area contributed by atoms with Crippen LogP contribution in [-0.2, 0) is 6.32 Å². The molecule has 0 fully saturated rings. The van der Waals surface area contributed by atoms with Gasteiger partial charge in [-0.15, -0.1) is 0 Å². The monoisotopic (exact) mass is 202 g/mol. The van der Waals surface area contributed by atoms with Gasteiger partial charge in [0.1, 0.15) is 11.9 Å². The zero-order valence-electron chi connectivity index (χ0n) is 6.98. The van der Waals surface area contributed by atoms with Crippen LogP contribution in [0.25, 0.3) is 0 Å². The van der Waals surface area contributed by atoms with Crippen LogP contribution in [0, 0.1) is 17.1 Å². The molecular weight excluding hydrogens is 197 g/mol. The van der Waals surface area contributed by atoms with Gasteiger partial charge in [-0.05, 0) is 6.07 Å². The van der Waals surface area contributed by atoms with Crippen molar-refractivity contribution in [1.29, 1.82) is 5.26 Å². The van der Waals surface area contributed by atoms with Crippen LogP contribution in [0.4, 0.5) is 17.3 Å². The van der Waals surface area contributed by atoms with Crippen molar-refractivity contribution in [2.45, 2.75) is 6.32 Å². The number of hydrogen-bond donors (Lipinski definition) is 0. The minimum Gasteiger partial charge on any atom is -0.449 e. The smallest absolute Gasteiger partial charge is 0.449 e. The second-order valence-corrected chi connectivity index (χ2v) is 2.80. The van der Waals surface area contributed by atoms with Gasteiger partial charge in [0.05, 0.1) is 5.56 Å². The topological polar surface area (TPSA) is 23.8 Å². The van der Waals surface area contributed by atoms with Crippen LogP contribution in [0.3, 0.4) is 0 Å². The number of hydrogen-bond acceptors (Lipinski definition) is 1. The first-order valence-electron chi connectivity index (χ1n) is 3.82. The van der Waals surface area contributed by atoms with Gasteiger partial charge >= 0.3 is 6.98 Å². The third-order valence-electron chi connectivity index (χ3n) is 1.66. The van der Waals surface area contributed by atoms with E-state index in [1.807, 2.05) is 0 Å². The van der Waals surface area contributed by atoms with E-state index in [1.165, 1.54) is 6.07 Å². The summed E-state index contributed by atoms with van der Waals surface area (Å²) in [6.07, 6.45) is -1.22. The third kappa shape index (κ3) is 2.49. The molecule has 0 N–H and O–H groups in total. The summed E-state index contributed by atoms with van der Waals surface area (Å²) in [5, 5.41) is 8.45. The van der Waals surface area contributed by atoms with Crippen molar-refractivity contribution in [2.24, 2.45) is 0 Å². The molecule has 0 aromatic heterocycles. The van der Waals surface area contributed by atoms with Crippen LogP contribution >= 0.6 is 0 Å². The summed E-state index contributed by atoms with van der Waals surface area (Å²) in [6, 6.07) is 4.65. The first-order valence-corrected chi connectivity index (χ1v) is 3.82. The van der Waals surface area contributed by atoms with Gasteiger partial charge in [-0.25, -0.2) is 4.39 Å². The van der Waals surface area contributed by atoms with Crippen LogP contribution in [0.5, 0.6) is 0 Å². The van der Waals surface area contributed by atoms with Crippen LogP contribution in [0.15, 0.2) is 18.2 Å². The average Bonchev–Trinajstić information content (AvgIpc) is 2.01. The number of rotatable bonds is 2. The maximum absolute atomic E-state index is 12.8. The summed E-state index contributed by atoms with van der Waals surface area (Å²) in [5.74, 6) is -0.912. The molecule has 0 saturated carbocycles. The second-order valence-electron chi connectivity index (χ2n) is 2.80. The van der Waals surface area contributed by atoms with Gasteiger partial charge < -0.3 is 12.9 Å². The molecule has 14 heavy (non-hydrogen) atoms. The minimum atomic E-state index is -5.04. The summed E-state index contributed by atoms with van der Waals surface area (Å²) in [5.41, 5.74) is -0.827. The van der Waals surface area contributed by atoms with Crippen molar-refractivity contribution in [3.63, 3.8) is 0 Å². The third-order valence-corrected chi connectivity index (χ3v) is 1.66. The molecule has 0 aliphatic carbocycles. The Hall–Kier alpha value is -1.51. The van der Waals surface area contributed by atoms with Gasteiger partial charge in [-0.1, -0.05) is 24.0 Å². The van der Waals surface area contributed by atoms with Crippen molar-refractivity contribution in [1.82, 2.24) is 0 Å². The minimum absolute atomic E-state index is 0.306. The fraction of sp³-hybridized carbons (Fsp3) is 0.125. The lowest BCUT2D eigenvalue weighted by atomic mass is 9.80. The van der Waals surface area contributed by atoms with Crippen LogP contribution in [0.1, 0.15) is 11.1 Å². The molecule has 74 valence electrons. The lowest BCUT2D eigenvalue weighted by Crippen LogP contribution is -2.20. The first kappa shape index (κ1) is 10.6.